The summed E-state index contributed by atoms with van der Waals surface area (Å²) in [7, 11) is 0. The SMILES string of the molecule is CC1CN(c2cccc3c2C(=O)N(C2CCC(=O)NC2=O)C3)C1. The van der Waals surface area contributed by atoms with E-state index in [9.17, 15) is 14.4 Å². The molecule has 1 atom stereocenters. The van der Waals surface area contributed by atoms with Gasteiger partial charge >= 0.3 is 0 Å². The van der Waals surface area contributed by atoms with E-state index in [4.69, 9.17) is 0 Å². The first-order chi connectivity index (χ1) is 11.0. The minimum Gasteiger partial charge on any atom is -0.370 e. The van der Waals surface area contributed by atoms with Crippen molar-refractivity contribution in [3.63, 3.8) is 0 Å². The van der Waals surface area contributed by atoms with Crippen molar-refractivity contribution >= 4 is 23.4 Å². The molecule has 2 fully saturated rings. The standard InChI is InChI=1S/C17H19N3O3/c1-10-7-19(8-10)12-4-2-3-11-9-20(17(23)15(11)12)13-5-6-14(21)18-16(13)22/h2-4,10,13H,5-9H2,1H3,(H,18,21,22). The molecule has 0 bridgehead atoms. The number of rotatable bonds is 2. The molecule has 2 saturated heterocycles. The molecule has 0 spiro atoms. The lowest BCUT2D eigenvalue weighted by Gasteiger charge is -2.40. The van der Waals surface area contributed by atoms with Crippen LogP contribution in [-0.2, 0) is 16.1 Å². The number of hydrogen-bond acceptors (Lipinski definition) is 4. The van der Waals surface area contributed by atoms with E-state index >= 15 is 0 Å². The zero-order valence-electron chi connectivity index (χ0n) is 13.0. The number of benzene rings is 1. The van der Waals surface area contributed by atoms with Crippen LogP contribution in [0.3, 0.4) is 0 Å². The predicted octanol–water partition coefficient (Wildman–Crippen LogP) is 0.904. The fraction of sp³-hybridized carbons (Fsp3) is 0.471. The summed E-state index contributed by atoms with van der Waals surface area (Å²) in [5.41, 5.74) is 2.67. The van der Waals surface area contributed by atoms with Gasteiger partial charge in [0.2, 0.25) is 11.8 Å². The summed E-state index contributed by atoms with van der Waals surface area (Å²) in [4.78, 5) is 40.1. The number of imide groups is 1. The summed E-state index contributed by atoms with van der Waals surface area (Å²) in [6, 6.07) is 5.36. The van der Waals surface area contributed by atoms with E-state index in [0.29, 0.717) is 18.9 Å². The van der Waals surface area contributed by atoms with Gasteiger partial charge in [0.15, 0.2) is 0 Å². The van der Waals surface area contributed by atoms with E-state index in [1.807, 2.05) is 18.2 Å². The smallest absolute Gasteiger partial charge is 0.257 e. The van der Waals surface area contributed by atoms with Gasteiger partial charge < -0.3 is 9.80 Å². The molecule has 3 aliphatic heterocycles. The van der Waals surface area contributed by atoms with Gasteiger partial charge in [-0.3, -0.25) is 19.7 Å². The highest BCUT2D eigenvalue weighted by Crippen LogP contribution is 2.36. The molecular formula is C17H19N3O3. The minimum absolute atomic E-state index is 0.0929. The van der Waals surface area contributed by atoms with Gasteiger partial charge in [0.1, 0.15) is 6.04 Å². The average Bonchev–Trinajstić information content (AvgIpc) is 2.81. The summed E-state index contributed by atoms with van der Waals surface area (Å²) in [6.45, 7) is 4.55. The van der Waals surface area contributed by atoms with Gasteiger partial charge in [0.25, 0.3) is 5.91 Å². The maximum absolute atomic E-state index is 12.9. The molecule has 23 heavy (non-hydrogen) atoms. The number of amides is 3. The van der Waals surface area contributed by atoms with Crippen molar-refractivity contribution in [2.45, 2.75) is 32.4 Å². The van der Waals surface area contributed by atoms with E-state index in [0.717, 1.165) is 29.9 Å². The van der Waals surface area contributed by atoms with Crippen molar-refractivity contribution in [2.75, 3.05) is 18.0 Å². The van der Waals surface area contributed by atoms with Crippen molar-refractivity contribution in [1.82, 2.24) is 10.2 Å². The maximum atomic E-state index is 12.9. The number of carbonyl (C=O) groups excluding carboxylic acids is 3. The number of piperidine rings is 1. The Hall–Kier alpha value is -2.37. The molecule has 1 unspecified atom stereocenters. The molecule has 3 aliphatic rings. The van der Waals surface area contributed by atoms with Gasteiger partial charge in [-0.25, -0.2) is 0 Å². The summed E-state index contributed by atoms with van der Waals surface area (Å²) >= 11 is 0. The highest BCUT2D eigenvalue weighted by molar-refractivity contribution is 6.08. The topological polar surface area (TPSA) is 69.7 Å². The number of nitrogens with zero attached hydrogens (tertiary/aromatic N) is 2. The molecule has 6 heteroatoms. The quantitative estimate of drug-likeness (QED) is 0.824. The second kappa shape index (κ2) is 5.08. The first-order valence-electron chi connectivity index (χ1n) is 8.06. The third-order valence-electron chi connectivity index (χ3n) is 4.94. The van der Waals surface area contributed by atoms with Crippen LogP contribution >= 0.6 is 0 Å². The normalized spacial score (nSPS) is 24.6. The van der Waals surface area contributed by atoms with Crippen LogP contribution in [0.15, 0.2) is 18.2 Å². The van der Waals surface area contributed by atoms with E-state index in [1.54, 1.807) is 4.90 Å². The molecule has 1 aromatic rings. The Labute approximate surface area is 134 Å². The Bertz CT molecular complexity index is 709. The molecule has 3 heterocycles. The highest BCUT2D eigenvalue weighted by atomic mass is 16.2. The van der Waals surface area contributed by atoms with Crippen LogP contribution in [0.25, 0.3) is 0 Å². The van der Waals surface area contributed by atoms with E-state index in [2.05, 4.69) is 17.1 Å². The zero-order valence-corrected chi connectivity index (χ0v) is 13.0. The molecular weight excluding hydrogens is 294 g/mol. The van der Waals surface area contributed by atoms with E-state index in [1.165, 1.54) is 0 Å². The Balaban J connectivity index is 1.62. The van der Waals surface area contributed by atoms with Gasteiger partial charge in [-0.05, 0) is 24.0 Å². The van der Waals surface area contributed by atoms with Gasteiger partial charge in [0.05, 0.1) is 5.56 Å². The minimum atomic E-state index is -0.546. The summed E-state index contributed by atoms with van der Waals surface area (Å²) in [5, 5.41) is 2.34. The Morgan fingerprint density at radius 2 is 1.96 bits per heavy atom. The molecule has 1 aromatic carbocycles. The second-order valence-electron chi connectivity index (χ2n) is 6.72. The number of anilines is 1. The molecule has 0 aliphatic carbocycles. The predicted molar refractivity (Wildman–Crippen MR) is 83.9 cm³/mol. The summed E-state index contributed by atoms with van der Waals surface area (Å²) < 4.78 is 0. The molecule has 120 valence electrons. The Morgan fingerprint density at radius 1 is 1.17 bits per heavy atom. The zero-order chi connectivity index (χ0) is 16.1. The van der Waals surface area contributed by atoms with Gasteiger partial charge in [0, 0.05) is 31.7 Å². The first-order valence-corrected chi connectivity index (χ1v) is 8.06. The number of nitrogens with one attached hydrogen (secondary N) is 1. The van der Waals surface area contributed by atoms with E-state index < -0.39 is 6.04 Å². The Morgan fingerprint density at radius 3 is 2.65 bits per heavy atom. The molecule has 6 nitrogen and oxygen atoms in total. The van der Waals surface area contributed by atoms with Crippen LogP contribution in [0.1, 0.15) is 35.7 Å². The lowest BCUT2D eigenvalue weighted by atomic mass is 9.98. The maximum Gasteiger partial charge on any atom is 0.257 e. The molecule has 0 aromatic heterocycles. The van der Waals surface area contributed by atoms with Crippen molar-refractivity contribution in [3.05, 3.63) is 29.3 Å². The van der Waals surface area contributed by atoms with Gasteiger partial charge in [-0.15, -0.1) is 0 Å². The van der Waals surface area contributed by atoms with Crippen LogP contribution in [0.2, 0.25) is 0 Å². The van der Waals surface area contributed by atoms with Crippen molar-refractivity contribution in [3.8, 4) is 0 Å². The van der Waals surface area contributed by atoms with E-state index in [-0.39, 0.29) is 24.1 Å². The summed E-state index contributed by atoms with van der Waals surface area (Å²) in [6.07, 6.45) is 0.688. The lowest BCUT2D eigenvalue weighted by Crippen LogP contribution is -2.52. The molecule has 4 rings (SSSR count). The molecule has 0 saturated carbocycles. The average molecular weight is 313 g/mol. The number of carbonyl (C=O) groups is 3. The van der Waals surface area contributed by atoms with Crippen LogP contribution < -0.4 is 10.2 Å². The third-order valence-corrected chi connectivity index (χ3v) is 4.94. The number of hydrogen-bond donors (Lipinski definition) is 1. The fourth-order valence-electron chi connectivity index (χ4n) is 3.75. The molecule has 3 amide bonds. The van der Waals surface area contributed by atoms with Crippen LogP contribution in [0.4, 0.5) is 5.69 Å². The third kappa shape index (κ3) is 2.20. The first kappa shape index (κ1) is 14.2. The lowest BCUT2D eigenvalue weighted by molar-refractivity contribution is -0.136. The van der Waals surface area contributed by atoms with Gasteiger partial charge in [-0.1, -0.05) is 19.1 Å². The van der Waals surface area contributed by atoms with Crippen molar-refractivity contribution in [1.29, 1.82) is 0 Å². The van der Waals surface area contributed by atoms with Crippen molar-refractivity contribution in [2.24, 2.45) is 5.92 Å². The fourth-order valence-corrected chi connectivity index (χ4v) is 3.75. The monoisotopic (exact) mass is 313 g/mol. The highest BCUT2D eigenvalue weighted by Gasteiger charge is 2.41. The molecule has 1 N–H and O–H groups in total. The Kier molecular flexibility index (Phi) is 3.14. The van der Waals surface area contributed by atoms with Crippen LogP contribution in [0, 0.1) is 5.92 Å². The summed E-state index contributed by atoms with van der Waals surface area (Å²) in [5.74, 6) is -0.0644. The van der Waals surface area contributed by atoms with Crippen LogP contribution in [-0.4, -0.2) is 41.8 Å². The van der Waals surface area contributed by atoms with Crippen LogP contribution in [0.5, 0.6) is 0 Å². The number of fused-ring (bicyclic) bond motifs is 1. The van der Waals surface area contributed by atoms with Crippen molar-refractivity contribution < 1.29 is 14.4 Å². The van der Waals surface area contributed by atoms with Gasteiger partial charge in [-0.2, -0.15) is 0 Å². The largest absolute Gasteiger partial charge is 0.370 e. The molecule has 0 radical (unpaired) electrons. The second-order valence-corrected chi connectivity index (χ2v) is 6.72.